The second-order valence-corrected chi connectivity index (χ2v) is 6.24. The Morgan fingerprint density at radius 3 is 2.58 bits per heavy atom. The minimum atomic E-state index is -4.44. The molecule has 1 aromatic carbocycles. The molecule has 0 saturated carbocycles. The van der Waals surface area contributed by atoms with Crippen LogP contribution in [0.5, 0.6) is 0 Å². The van der Waals surface area contributed by atoms with Crippen molar-refractivity contribution >= 4 is 11.7 Å². The molecule has 1 aliphatic rings. The lowest BCUT2D eigenvalue weighted by atomic mass is 10.0. The second-order valence-electron chi connectivity index (χ2n) is 6.24. The molecule has 0 spiro atoms. The van der Waals surface area contributed by atoms with E-state index in [2.05, 4.69) is 15.3 Å². The lowest BCUT2D eigenvalue weighted by Gasteiger charge is -2.20. The van der Waals surface area contributed by atoms with Crippen molar-refractivity contribution in [1.82, 2.24) is 14.9 Å². The van der Waals surface area contributed by atoms with Crippen molar-refractivity contribution in [3.8, 4) is 0 Å². The van der Waals surface area contributed by atoms with Crippen molar-refractivity contribution in [2.45, 2.75) is 32.0 Å². The van der Waals surface area contributed by atoms with Gasteiger partial charge in [-0.05, 0) is 31.4 Å². The smallest absolute Gasteiger partial charge is 0.362 e. The fourth-order valence-electron chi connectivity index (χ4n) is 3.05. The van der Waals surface area contributed by atoms with E-state index in [9.17, 15) is 18.0 Å². The summed E-state index contributed by atoms with van der Waals surface area (Å²) in [7, 11) is 0. The van der Waals surface area contributed by atoms with E-state index >= 15 is 0 Å². The van der Waals surface area contributed by atoms with Gasteiger partial charge in [-0.25, -0.2) is 4.98 Å². The second kappa shape index (κ2) is 7.31. The van der Waals surface area contributed by atoms with Gasteiger partial charge >= 0.3 is 6.18 Å². The maximum absolute atomic E-state index is 13.2. The summed E-state index contributed by atoms with van der Waals surface area (Å²) in [6, 6.07) is 4.73. The van der Waals surface area contributed by atoms with Crippen LogP contribution in [0.25, 0.3) is 0 Å². The molecule has 3 rings (SSSR count). The number of aromatic nitrogens is 2. The van der Waals surface area contributed by atoms with Gasteiger partial charge in [0.05, 0.1) is 24.0 Å². The molecule has 1 saturated heterocycles. The van der Waals surface area contributed by atoms with Crippen molar-refractivity contribution in [2.24, 2.45) is 0 Å². The van der Waals surface area contributed by atoms with Gasteiger partial charge in [0.2, 0.25) is 0 Å². The third kappa shape index (κ3) is 3.95. The molecule has 0 aliphatic carbocycles. The molecule has 8 heteroatoms. The zero-order valence-electron chi connectivity index (χ0n) is 14.3. The van der Waals surface area contributed by atoms with Crippen LogP contribution in [0.15, 0.2) is 36.7 Å². The van der Waals surface area contributed by atoms with Crippen LogP contribution in [-0.2, 0) is 6.18 Å². The number of likely N-dealkylation sites (tertiary alicyclic amines) is 1. The number of benzene rings is 1. The Balaban J connectivity index is 1.79. The first-order valence-electron chi connectivity index (χ1n) is 8.40. The summed E-state index contributed by atoms with van der Waals surface area (Å²) in [6.45, 7) is 2.99. The first-order valence-corrected chi connectivity index (χ1v) is 8.40. The highest BCUT2D eigenvalue weighted by Crippen LogP contribution is 2.35. The molecule has 1 unspecified atom stereocenters. The summed E-state index contributed by atoms with van der Waals surface area (Å²) < 4.78 is 39.6. The summed E-state index contributed by atoms with van der Waals surface area (Å²) in [6.07, 6.45) is 0.254. The van der Waals surface area contributed by atoms with Crippen LogP contribution in [-0.4, -0.2) is 33.9 Å². The van der Waals surface area contributed by atoms with Crippen LogP contribution in [0.1, 0.15) is 47.4 Å². The fourth-order valence-corrected chi connectivity index (χ4v) is 3.05. The van der Waals surface area contributed by atoms with Crippen LogP contribution < -0.4 is 5.32 Å². The van der Waals surface area contributed by atoms with E-state index in [1.165, 1.54) is 24.5 Å². The first kappa shape index (κ1) is 18.2. The molecule has 1 aliphatic heterocycles. The highest BCUT2D eigenvalue weighted by atomic mass is 19.4. The van der Waals surface area contributed by atoms with E-state index in [4.69, 9.17) is 0 Å². The Bertz CT molecular complexity index is 788. The Morgan fingerprint density at radius 1 is 1.19 bits per heavy atom. The van der Waals surface area contributed by atoms with E-state index in [0.717, 1.165) is 18.9 Å². The standard InChI is InChI=1S/C18H19F3N4O/c1-12(13-6-2-3-7-14(13)18(19,20)21)23-16-11-22-10-15(24-16)17(26)25-8-4-5-9-25/h2-3,6-7,10-12H,4-5,8-9H2,1H3,(H,23,24). The zero-order chi connectivity index (χ0) is 18.7. The van der Waals surface area contributed by atoms with Crippen LogP contribution in [0.2, 0.25) is 0 Å². The third-order valence-electron chi connectivity index (χ3n) is 4.34. The van der Waals surface area contributed by atoms with E-state index in [0.29, 0.717) is 13.1 Å². The number of carbonyl (C=O) groups excluding carboxylic acids is 1. The van der Waals surface area contributed by atoms with Gasteiger partial charge in [-0.1, -0.05) is 18.2 Å². The van der Waals surface area contributed by atoms with Crippen molar-refractivity contribution in [1.29, 1.82) is 0 Å². The Labute approximate surface area is 149 Å². The normalized spacial score (nSPS) is 15.8. The summed E-state index contributed by atoms with van der Waals surface area (Å²) >= 11 is 0. The fraction of sp³-hybridized carbons (Fsp3) is 0.389. The van der Waals surface area contributed by atoms with E-state index < -0.39 is 17.8 Å². The quantitative estimate of drug-likeness (QED) is 0.894. The minimum absolute atomic E-state index is 0.109. The molecule has 138 valence electrons. The van der Waals surface area contributed by atoms with Crippen LogP contribution in [0, 0.1) is 0 Å². The summed E-state index contributed by atoms with van der Waals surface area (Å²) in [5.41, 5.74) is -0.400. The van der Waals surface area contributed by atoms with Gasteiger partial charge < -0.3 is 10.2 Å². The Kier molecular flexibility index (Phi) is 5.11. The van der Waals surface area contributed by atoms with Gasteiger partial charge in [-0.2, -0.15) is 13.2 Å². The number of carbonyl (C=O) groups is 1. The van der Waals surface area contributed by atoms with Crippen molar-refractivity contribution in [2.75, 3.05) is 18.4 Å². The van der Waals surface area contributed by atoms with Gasteiger partial charge in [-0.3, -0.25) is 9.78 Å². The number of anilines is 1. The molecule has 0 bridgehead atoms. The topological polar surface area (TPSA) is 58.1 Å². The van der Waals surface area contributed by atoms with E-state index in [1.807, 2.05) is 0 Å². The average Bonchev–Trinajstić information content (AvgIpc) is 3.15. The molecule has 5 nitrogen and oxygen atoms in total. The molecule has 26 heavy (non-hydrogen) atoms. The van der Waals surface area contributed by atoms with Gasteiger partial charge in [0.15, 0.2) is 0 Å². The Hall–Kier alpha value is -2.64. The highest BCUT2D eigenvalue weighted by Gasteiger charge is 2.34. The molecule has 2 aromatic rings. The molecule has 0 radical (unpaired) electrons. The number of alkyl halides is 3. The summed E-state index contributed by atoms with van der Waals surface area (Å²) in [5, 5.41) is 2.91. The predicted octanol–water partition coefficient (Wildman–Crippen LogP) is 3.90. The number of amides is 1. The maximum Gasteiger partial charge on any atom is 0.416 e. The highest BCUT2D eigenvalue weighted by molar-refractivity contribution is 5.92. The lowest BCUT2D eigenvalue weighted by molar-refractivity contribution is -0.138. The largest absolute Gasteiger partial charge is 0.416 e. The summed E-state index contributed by atoms with van der Waals surface area (Å²) in [5.74, 6) is 0.0570. The zero-order valence-corrected chi connectivity index (χ0v) is 14.3. The molecular weight excluding hydrogens is 345 g/mol. The van der Waals surface area contributed by atoms with Crippen molar-refractivity contribution < 1.29 is 18.0 Å². The number of rotatable bonds is 4. The van der Waals surface area contributed by atoms with Crippen LogP contribution in [0.3, 0.4) is 0 Å². The van der Waals surface area contributed by atoms with Crippen LogP contribution in [0.4, 0.5) is 19.0 Å². The SMILES string of the molecule is CC(Nc1cncc(C(=O)N2CCCC2)n1)c1ccccc1C(F)(F)F. The third-order valence-corrected chi connectivity index (χ3v) is 4.34. The number of hydrogen-bond donors (Lipinski definition) is 1. The molecule has 1 amide bonds. The van der Waals surface area contributed by atoms with Crippen LogP contribution >= 0.6 is 0 Å². The molecule has 2 heterocycles. The first-order chi connectivity index (χ1) is 12.4. The maximum atomic E-state index is 13.2. The monoisotopic (exact) mass is 364 g/mol. The number of nitrogens with zero attached hydrogens (tertiary/aromatic N) is 3. The molecule has 1 atom stereocenters. The molecule has 1 fully saturated rings. The number of nitrogens with one attached hydrogen (secondary N) is 1. The average molecular weight is 364 g/mol. The van der Waals surface area contributed by atoms with Crippen molar-refractivity contribution in [3.05, 3.63) is 53.5 Å². The Morgan fingerprint density at radius 2 is 1.88 bits per heavy atom. The lowest BCUT2D eigenvalue weighted by Crippen LogP contribution is -2.28. The van der Waals surface area contributed by atoms with Crippen molar-refractivity contribution in [3.63, 3.8) is 0 Å². The van der Waals surface area contributed by atoms with Gasteiger partial charge in [0.25, 0.3) is 5.91 Å². The molecular formula is C18H19F3N4O. The number of halogens is 3. The number of hydrogen-bond acceptors (Lipinski definition) is 4. The molecule has 1 aromatic heterocycles. The summed E-state index contributed by atoms with van der Waals surface area (Å²) in [4.78, 5) is 22.3. The molecule has 1 N–H and O–H groups in total. The van der Waals surface area contributed by atoms with E-state index in [1.54, 1.807) is 17.9 Å². The minimum Gasteiger partial charge on any atom is -0.362 e. The van der Waals surface area contributed by atoms with E-state index in [-0.39, 0.29) is 23.0 Å². The predicted molar refractivity (Wildman–Crippen MR) is 90.7 cm³/mol. The van der Waals surface area contributed by atoms with Gasteiger partial charge in [-0.15, -0.1) is 0 Å². The van der Waals surface area contributed by atoms with Gasteiger partial charge in [0.1, 0.15) is 11.5 Å². The van der Waals surface area contributed by atoms with Gasteiger partial charge in [0, 0.05) is 13.1 Å².